The van der Waals surface area contributed by atoms with E-state index in [0.29, 0.717) is 12.6 Å². The van der Waals surface area contributed by atoms with E-state index in [0.717, 1.165) is 13.1 Å². The van der Waals surface area contributed by atoms with Gasteiger partial charge >= 0.3 is 0 Å². The first kappa shape index (κ1) is 12.5. The minimum Gasteiger partial charge on any atom is -0.353 e. The fraction of sp³-hybridized carbons (Fsp3) is 0.583. The molecule has 1 aromatic rings. The highest BCUT2D eigenvalue weighted by molar-refractivity contribution is 7.10. The van der Waals surface area contributed by atoms with Crippen molar-refractivity contribution in [2.24, 2.45) is 5.73 Å². The molecule has 17 heavy (non-hydrogen) atoms. The number of nitrogens with zero attached hydrogens (tertiary/aromatic N) is 1. The van der Waals surface area contributed by atoms with Gasteiger partial charge in [0.2, 0.25) is 5.91 Å². The Balaban J connectivity index is 1.99. The first-order valence-corrected chi connectivity index (χ1v) is 6.93. The lowest BCUT2D eigenvalue weighted by Crippen LogP contribution is -2.38. The van der Waals surface area contributed by atoms with Crippen molar-refractivity contribution in [1.29, 1.82) is 0 Å². The van der Waals surface area contributed by atoms with Gasteiger partial charge < -0.3 is 11.1 Å². The van der Waals surface area contributed by atoms with Crippen molar-refractivity contribution in [3.63, 3.8) is 0 Å². The minimum absolute atomic E-state index is 0.0666. The number of hydrogen-bond donors (Lipinski definition) is 2. The van der Waals surface area contributed by atoms with E-state index < -0.39 is 0 Å². The van der Waals surface area contributed by atoms with E-state index >= 15 is 0 Å². The molecule has 1 saturated heterocycles. The topological polar surface area (TPSA) is 58.4 Å². The normalized spacial score (nSPS) is 18.2. The Morgan fingerprint density at radius 1 is 1.53 bits per heavy atom. The van der Waals surface area contributed by atoms with Crippen molar-refractivity contribution in [3.05, 3.63) is 22.4 Å². The van der Waals surface area contributed by atoms with Crippen LogP contribution in [0.2, 0.25) is 0 Å². The summed E-state index contributed by atoms with van der Waals surface area (Å²) in [6.07, 6.45) is 2.51. The van der Waals surface area contributed by atoms with Crippen LogP contribution in [0.4, 0.5) is 0 Å². The highest BCUT2D eigenvalue weighted by atomic mass is 32.1. The van der Waals surface area contributed by atoms with Crippen LogP contribution in [0.15, 0.2) is 17.5 Å². The van der Waals surface area contributed by atoms with E-state index in [9.17, 15) is 4.79 Å². The van der Waals surface area contributed by atoms with E-state index in [4.69, 9.17) is 5.73 Å². The summed E-state index contributed by atoms with van der Waals surface area (Å²) < 4.78 is 0. The van der Waals surface area contributed by atoms with Crippen LogP contribution in [-0.4, -0.2) is 37.0 Å². The summed E-state index contributed by atoms with van der Waals surface area (Å²) in [7, 11) is 0. The zero-order valence-corrected chi connectivity index (χ0v) is 10.7. The van der Waals surface area contributed by atoms with Crippen LogP contribution in [0, 0.1) is 0 Å². The Labute approximate surface area is 106 Å². The maximum atomic E-state index is 11.2. The second-order valence-corrected chi connectivity index (χ2v) is 5.26. The monoisotopic (exact) mass is 253 g/mol. The lowest BCUT2D eigenvalue weighted by Gasteiger charge is -2.26. The summed E-state index contributed by atoms with van der Waals surface area (Å²) >= 11 is 1.75. The van der Waals surface area contributed by atoms with Crippen LogP contribution in [0.3, 0.4) is 0 Å². The van der Waals surface area contributed by atoms with E-state index in [-0.39, 0.29) is 12.5 Å². The van der Waals surface area contributed by atoms with Gasteiger partial charge in [-0.3, -0.25) is 9.69 Å². The standard InChI is InChI=1S/C12H19N3OS/c13-8-12(16)14-9-10(11-4-3-7-17-11)15-5-1-2-6-15/h3-4,7,10H,1-2,5-6,8-9,13H2,(H,14,16). The van der Waals surface area contributed by atoms with Crippen LogP contribution in [0.25, 0.3) is 0 Å². The van der Waals surface area contributed by atoms with Crippen molar-refractivity contribution in [1.82, 2.24) is 10.2 Å². The predicted octanol–water partition coefficient (Wildman–Crippen LogP) is 0.960. The van der Waals surface area contributed by atoms with Gasteiger partial charge in [-0.25, -0.2) is 0 Å². The molecule has 94 valence electrons. The Kier molecular flexibility index (Phi) is 4.53. The van der Waals surface area contributed by atoms with Crippen molar-refractivity contribution in [3.8, 4) is 0 Å². The molecule has 5 heteroatoms. The maximum Gasteiger partial charge on any atom is 0.233 e. The number of nitrogens with two attached hydrogens (primary N) is 1. The molecule has 1 aliphatic heterocycles. The molecular weight excluding hydrogens is 234 g/mol. The SMILES string of the molecule is NCC(=O)NCC(c1cccs1)N1CCCC1. The molecule has 2 heterocycles. The van der Waals surface area contributed by atoms with Gasteiger partial charge in [0.25, 0.3) is 0 Å². The number of rotatable bonds is 5. The second kappa shape index (κ2) is 6.14. The Hall–Kier alpha value is -0.910. The molecule has 1 aliphatic rings. The number of carbonyl (C=O) groups is 1. The number of hydrogen-bond acceptors (Lipinski definition) is 4. The van der Waals surface area contributed by atoms with E-state index in [1.807, 2.05) is 0 Å². The van der Waals surface area contributed by atoms with Gasteiger partial charge in [-0.05, 0) is 37.4 Å². The minimum atomic E-state index is -0.0780. The summed E-state index contributed by atoms with van der Waals surface area (Å²) in [6, 6.07) is 4.52. The lowest BCUT2D eigenvalue weighted by molar-refractivity contribution is -0.119. The molecule has 2 rings (SSSR count). The first-order valence-electron chi connectivity index (χ1n) is 6.05. The van der Waals surface area contributed by atoms with E-state index in [2.05, 4.69) is 27.7 Å². The van der Waals surface area contributed by atoms with Gasteiger partial charge in [-0.15, -0.1) is 11.3 Å². The summed E-state index contributed by atoms with van der Waals surface area (Å²) in [4.78, 5) is 15.0. The van der Waals surface area contributed by atoms with Crippen LogP contribution in [0.5, 0.6) is 0 Å². The Morgan fingerprint density at radius 3 is 2.88 bits per heavy atom. The van der Waals surface area contributed by atoms with Gasteiger partial charge in [-0.2, -0.15) is 0 Å². The quantitative estimate of drug-likeness (QED) is 0.822. The molecule has 0 aromatic carbocycles. The third-order valence-electron chi connectivity index (χ3n) is 3.13. The number of likely N-dealkylation sites (tertiary alicyclic amines) is 1. The average Bonchev–Trinajstić information content (AvgIpc) is 3.01. The molecule has 0 radical (unpaired) electrons. The lowest BCUT2D eigenvalue weighted by atomic mass is 10.2. The number of amides is 1. The van der Waals surface area contributed by atoms with Gasteiger partial charge in [-0.1, -0.05) is 6.07 Å². The zero-order chi connectivity index (χ0) is 12.1. The van der Waals surface area contributed by atoms with Crippen molar-refractivity contribution in [2.45, 2.75) is 18.9 Å². The molecule has 1 amide bonds. The molecule has 4 nitrogen and oxygen atoms in total. The van der Waals surface area contributed by atoms with E-state index in [1.165, 1.54) is 17.7 Å². The summed E-state index contributed by atoms with van der Waals surface area (Å²) in [5.41, 5.74) is 5.31. The number of nitrogens with one attached hydrogen (secondary N) is 1. The third-order valence-corrected chi connectivity index (χ3v) is 4.10. The molecule has 0 aliphatic carbocycles. The average molecular weight is 253 g/mol. The third kappa shape index (κ3) is 3.28. The fourth-order valence-electron chi connectivity index (χ4n) is 2.23. The summed E-state index contributed by atoms with van der Waals surface area (Å²) in [6.45, 7) is 2.98. The number of carbonyl (C=O) groups excluding carboxylic acids is 1. The second-order valence-electron chi connectivity index (χ2n) is 4.28. The number of thiophene rings is 1. The molecule has 1 aromatic heterocycles. The van der Waals surface area contributed by atoms with Crippen LogP contribution < -0.4 is 11.1 Å². The molecule has 0 saturated carbocycles. The van der Waals surface area contributed by atoms with Crippen LogP contribution in [-0.2, 0) is 4.79 Å². The van der Waals surface area contributed by atoms with Gasteiger partial charge in [0.15, 0.2) is 0 Å². The molecule has 1 fully saturated rings. The van der Waals surface area contributed by atoms with Gasteiger partial charge in [0.1, 0.15) is 0 Å². The van der Waals surface area contributed by atoms with Gasteiger partial charge in [0, 0.05) is 11.4 Å². The fourth-order valence-corrected chi connectivity index (χ4v) is 3.09. The Morgan fingerprint density at radius 2 is 2.29 bits per heavy atom. The van der Waals surface area contributed by atoms with Gasteiger partial charge in [0.05, 0.1) is 12.6 Å². The maximum absolute atomic E-state index is 11.2. The van der Waals surface area contributed by atoms with Crippen LogP contribution >= 0.6 is 11.3 Å². The predicted molar refractivity (Wildman–Crippen MR) is 69.9 cm³/mol. The van der Waals surface area contributed by atoms with Crippen molar-refractivity contribution in [2.75, 3.05) is 26.2 Å². The molecule has 1 unspecified atom stereocenters. The molecule has 3 N–H and O–H groups in total. The molecule has 0 bridgehead atoms. The summed E-state index contributed by atoms with van der Waals surface area (Å²) in [5, 5.41) is 4.99. The smallest absolute Gasteiger partial charge is 0.233 e. The van der Waals surface area contributed by atoms with E-state index in [1.54, 1.807) is 11.3 Å². The molecule has 1 atom stereocenters. The molecule has 0 spiro atoms. The molecular formula is C12H19N3OS. The van der Waals surface area contributed by atoms with Crippen molar-refractivity contribution < 1.29 is 4.79 Å². The van der Waals surface area contributed by atoms with Crippen molar-refractivity contribution >= 4 is 17.2 Å². The largest absolute Gasteiger partial charge is 0.353 e. The van der Waals surface area contributed by atoms with Crippen LogP contribution in [0.1, 0.15) is 23.8 Å². The highest BCUT2D eigenvalue weighted by Gasteiger charge is 2.24. The zero-order valence-electron chi connectivity index (χ0n) is 9.89. The highest BCUT2D eigenvalue weighted by Crippen LogP contribution is 2.27. The summed E-state index contributed by atoms with van der Waals surface area (Å²) in [5.74, 6) is -0.0780. The Bertz CT molecular complexity index is 347. The first-order chi connectivity index (χ1) is 8.31.